The molecule has 2 fully saturated rings. The number of hydrogen-bond donors (Lipinski definition) is 2. The van der Waals surface area contributed by atoms with Gasteiger partial charge in [-0.1, -0.05) is 20.8 Å². The number of amides is 1. The van der Waals surface area contributed by atoms with Crippen molar-refractivity contribution < 1.29 is 35.9 Å². The van der Waals surface area contributed by atoms with E-state index in [0.29, 0.717) is 63.6 Å². The van der Waals surface area contributed by atoms with Crippen LogP contribution in [-0.2, 0) is 28.4 Å². The minimum Gasteiger partial charge on any atom is -0.381 e. The smallest absolute Gasteiger partial charge is 0.381 e. The molecule has 0 bridgehead atoms. The average molecular weight is 550 g/mol. The summed E-state index contributed by atoms with van der Waals surface area (Å²) in [5, 5.41) is 15.4. The molecule has 1 saturated heterocycles. The fourth-order valence-electron chi connectivity index (χ4n) is 5.11. The van der Waals surface area contributed by atoms with Crippen LogP contribution in [-0.4, -0.2) is 31.7 Å². The molecule has 1 amide bonds. The van der Waals surface area contributed by atoms with Gasteiger partial charge in [0.25, 0.3) is 0 Å². The summed E-state index contributed by atoms with van der Waals surface area (Å²) in [5.74, 6) is -0.919. The summed E-state index contributed by atoms with van der Waals surface area (Å²) >= 11 is 0. The molecule has 3 unspecified atom stereocenters. The quantitative estimate of drug-likeness (QED) is 0.259. The van der Waals surface area contributed by atoms with E-state index in [1.54, 1.807) is 0 Å². The molecular formula is C27H37F6N3O2. The Labute approximate surface area is 220 Å². The third-order valence-electron chi connectivity index (χ3n) is 7.30. The maximum Gasteiger partial charge on any atom is 0.416 e. The number of alkyl halides is 6. The Kier molecular flexibility index (Phi) is 11.5. The lowest BCUT2D eigenvalue weighted by Gasteiger charge is -2.32. The molecule has 2 aliphatic rings. The largest absolute Gasteiger partial charge is 0.416 e. The van der Waals surface area contributed by atoms with Crippen molar-refractivity contribution in [3.63, 3.8) is 0 Å². The van der Waals surface area contributed by atoms with Crippen LogP contribution in [0.25, 0.3) is 0 Å². The molecule has 1 aliphatic heterocycles. The first-order valence-electron chi connectivity index (χ1n) is 13.2. The number of nitriles is 1. The van der Waals surface area contributed by atoms with Crippen LogP contribution in [0.4, 0.5) is 26.3 Å². The molecule has 0 radical (unpaired) electrons. The first kappa shape index (κ1) is 31.9. The number of carbonyl (C=O) groups is 1. The number of benzene rings is 1. The SMILES string of the molecule is CC.CCC(CCCNC1CCOCC1)(C(=O)NCc1cc(C(F)(F)F)cc(C(F)(F)F)c1)C1CC1C#N. The Morgan fingerprint density at radius 2 is 1.63 bits per heavy atom. The van der Waals surface area contributed by atoms with Crippen LogP contribution in [0.5, 0.6) is 0 Å². The number of nitrogens with zero attached hydrogens (tertiary/aromatic N) is 1. The predicted octanol–water partition coefficient (Wildman–Crippen LogP) is 6.47. The van der Waals surface area contributed by atoms with Crippen LogP contribution in [0.1, 0.15) is 76.0 Å². The Morgan fingerprint density at radius 3 is 2.11 bits per heavy atom. The van der Waals surface area contributed by atoms with Crippen molar-refractivity contribution in [3.05, 3.63) is 34.9 Å². The van der Waals surface area contributed by atoms with Gasteiger partial charge in [0.15, 0.2) is 0 Å². The molecule has 3 atom stereocenters. The number of ether oxygens (including phenoxy) is 1. The van der Waals surface area contributed by atoms with Gasteiger partial charge in [-0.15, -0.1) is 0 Å². The predicted molar refractivity (Wildman–Crippen MR) is 131 cm³/mol. The third kappa shape index (κ3) is 8.34. The van der Waals surface area contributed by atoms with Crippen LogP contribution in [0.2, 0.25) is 0 Å². The van der Waals surface area contributed by atoms with Crippen LogP contribution < -0.4 is 10.6 Å². The monoisotopic (exact) mass is 549 g/mol. The molecule has 1 aromatic carbocycles. The second kappa shape index (κ2) is 13.7. The Morgan fingerprint density at radius 1 is 1.05 bits per heavy atom. The molecule has 0 aromatic heterocycles. The number of hydrogen-bond acceptors (Lipinski definition) is 4. The normalized spacial score (nSPS) is 21.5. The molecule has 3 rings (SSSR count). The second-order valence-electron chi connectivity index (χ2n) is 9.63. The topological polar surface area (TPSA) is 74.2 Å². The van der Waals surface area contributed by atoms with Crippen LogP contribution in [0.3, 0.4) is 0 Å². The lowest BCUT2D eigenvalue weighted by Crippen LogP contribution is -2.43. The molecular weight excluding hydrogens is 512 g/mol. The molecule has 1 saturated carbocycles. The molecule has 1 aromatic rings. The molecule has 0 spiro atoms. The first-order valence-corrected chi connectivity index (χ1v) is 13.2. The van der Waals surface area contributed by atoms with Crippen LogP contribution in [0.15, 0.2) is 18.2 Å². The minimum atomic E-state index is -4.96. The maximum atomic E-state index is 13.4. The van der Waals surface area contributed by atoms with Crippen LogP contribution in [0, 0.1) is 28.6 Å². The summed E-state index contributed by atoms with van der Waals surface area (Å²) < 4.78 is 84.4. The fraction of sp³-hybridized carbons (Fsp3) is 0.704. The molecule has 1 heterocycles. The van der Waals surface area contributed by atoms with Crippen molar-refractivity contribution in [2.75, 3.05) is 19.8 Å². The fourth-order valence-corrected chi connectivity index (χ4v) is 5.11. The van der Waals surface area contributed by atoms with Gasteiger partial charge in [-0.25, -0.2) is 0 Å². The summed E-state index contributed by atoms with van der Waals surface area (Å²) in [6, 6.07) is 3.83. The van der Waals surface area contributed by atoms with Crippen molar-refractivity contribution in [2.24, 2.45) is 17.3 Å². The maximum absolute atomic E-state index is 13.4. The van der Waals surface area contributed by atoms with Crippen molar-refractivity contribution in [1.29, 1.82) is 5.26 Å². The van der Waals surface area contributed by atoms with Crippen molar-refractivity contribution >= 4 is 5.91 Å². The molecule has 11 heteroatoms. The van der Waals surface area contributed by atoms with Gasteiger partial charge >= 0.3 is 12.4 Å². The van der Waals surface area contributed by atoms with Gasteiger partial charge in [0.2, 0.25) is 5.91 Å². The summed E-state index contributed by atoms with van der Waals surface area (Å²) in [4.78, 5) is 13.4. The number of rotatable bonds is 10. The first-order chi connectivity index (χ1) is 17.9. The van der Waals surface area contributed by atoms with Crippen LogP contribution >= 0.6 is 0 Å². The Bertz CT molecular complexity index is 921. The van der Waals surface area contributed by atoms with E-state index in [4.69, 9.17) is 4.74 Å². The summed E-state index contributed by atoms with van der Waals surface area (Å²) in [6.45, 7) is 7.39. The summed E-state index contributed by atoms with van der Waals surface area (Å²) in [7, 11) is 0. The Balaban J connectivity index is 0.00000247. The minimum absolute atomic E-state index is 0.0643. The molecule has 5 nitrogen and oxygen atoms in total. The van der Waals surface area contributed by atoms with E-state index in [9.17, 15) is 36.4 Å². The van der Waals surface area contributed by atoms with Gasteiger partial charge in [0, 0.05) is 25.8 Å². The van der Waals surface area contributed by atoms with E-state index in [1.807, 2.05) is 20.8 Å². The standard InChI is InChI=1S/C25H31F6N3O2.C2H6/c1-2-23(21-12-17(21)14-32,6-3-7-33-20-4-8-36-9-5-20)22(35)34-15-16-10-18(24(26,27)28)13-19(11-16)25(29,30)31;1-2/h10-11,13,17,20-21,33H,2-9,12,15H2,1H3,(H,34,35);1-2H3. The van der Waals surface area contributed by atoms with E-state index in [2.05, 4.69) is 16.7 Å². The third-order valence-corrected chi connectivity index (χ3v) is 7.30. The lowest BCUT2D eigenvalue weighted by atomic mass is 9.74. The van der Waals surface area contributed by atoms with Crippen molar-refractivity contribution in [3.8, 4) is 6.07 Å². The van der Waals surface area contributed by atoms with E-state index in [0.717, 1.165) is 12.8 Å². The zero-order chi connectivity index (χ0) is 28.6. The molecule has 1 aliphatic carbocycles. The number of nitrogens with one attached hydrogen (secondary N) is 2. The number of halogens is 6. The highest BCUT2D eigenvalue weighted by molar-refractivity contribution is 5.83. The van der Waals surface area contributed by atoms with Gasteiger partial charge in [-0.2, -0.15) is 31.6 Å². The van der Waals surface area contributed by atoms with Gasteiger partial charge in [0.1, 0.15) is 0 Å². The van der Waals surface area contributed by atoms with Gasteiger partial charge in [0.05, 0.1) is 28.5 Å². The van der Waals surface area contributed by atoms with Gasteiger partial charge in [-0.05, 0) is 74.8 Å². The molecule has 38 heavy (non-hydrogen) atoms. The zero-order valence-corrected chi connectivity index (χ0v) is 22.1. The highest BCUT2D eigenvalue weighted by Gasteiger charge is 2.55. The average Bonchev–Trinajstić information content (AvgIpc) is 3.69. The van der Waals surface area contributed by atoms with Gasteiger partial charge < -0.3 is 15.4 Å². The van der Waals surface area contributed by atoms with E-state index < -0.39 is 41.3 Å². The summed E-state index contributed by atoms with van der Waals surface area (Å²) in [5.41, 5.74) is -4.04. The van der Waals surface area contributed by atoms with Gasteiger partial charge in [-0.3, -0.25) is 4.79 Å². The van der Waals surface area contributed by atoms with E-state index in [-0.39, 0.29) is 23.5 Å². The van der Waals surface area contributed by atoms with E-state index in [1.165, 1.54) is 0 Å². The highest BCUT2D eigenvalue weighted by Crippen LogP contribution is 2.55. The Hall–Kier alpha value is -2.32. The number of carbonyl (C=O) groups excluding carboxylic acids is 1. The second-order valence-corrected chi connectivity index (χ2v) is 9.63. The van der Waals surface area contributed by atoms with Crippen molar-refractivity contribution in [2.45, 2.75) is 84.2 Å². The zero-order valence-electron chi connectivity index (χ0n) is 22.1. The lowest BCUT2D eigenvalue weighted by molar-refractivity contribution is -0.143. The highest BCUT2D eigenvalue weighted by atomic mass is 19.4. The van der Waals surface area contributed by atoms with Crippen molar-refractivity contribution in [1.82, 2.24) is 10.6 Å². The summed E-state index contributed by atoms with van der Waals surface area (Å²) in [6.07, 6.45) is -6.05. The molecule has 2 N–H and O–H groups in total. The van der Waals surface area contributed by atoms with E-state index >= 15 is 0 Å². The molecule has 214 valence electrons.